The molecular weight excluding hydrogens is 596 g/mol. The molecule has 3 aromatic carbocycles. The Kier molecular flexibility index (Phi) is 6.86. The first kappa shape index (κ1) is 26.1. The predicted molar refractivity (Wildman–Crippen MR) is 146 cm³/mol. The van der Waals surface area contributed by atoms with Gasteiger partial charge >= 0.3 is 0 Å². The number of aromatic nitrogens is 2. The highest BCUT2D eigenvalue weighted by Crippen LogP contribution is 2.38. The van der Waals surface area contributed by atoms with E-state index in [2.05, 4.69) is 26.3 Å². The zero-order chi connectivity index (χ0) is 27.2. The molecule has 1 aromatic heterocycles. The van der Waals surface area contributed by atoms with Gasteiger partial charge in [-0.15, -0.1) is 11.8 Å². The molecule has 2 N–H and O–H groups in total. The fraction of sp³-hybridized carbons (Fsp3) is 0.120. The number of aryl methyl sites for hydroxylation is 1. The van der Waals surface area contributed by atoms with Gasteiger partial charge in [0.1, 0.15) is 11.2 Å². The van der Waals surface area contributed by atoms with Crippen LogP contribution in [0.3, 0.4) is 0 Å². The lowest BCUT2D eigenvalue weighted by Gasteiger charge is -2.24. The Balaban J connectivity index is 1.43. The van der Waals surface area contributed by atoms with Crippen LogP contribution in [-0.2, 0) is 14.9 Å². The van der Waals surface area contributed by atoms with Crippen LogP contribution in [0.2, 0.25) is 0 Å². The zero-order valence-corrected chi connectivity index (χ0v) is 22.9. The number of nitrogens with one attached hydrogen (secondary N) is 1. The summed E-state index contributed by atoms with van der Waals surface area (Å²) in [6.07, 6.45) is 0. The van der Waals surface area contributed by atoms with Gasteiger partial charge in [0.15, 0.2) is 0 Å². The van der Waals surface area contributed by atoms with Gasteiger partial charge in [-0.3, -0.25) is 28.9 Å². The van der Waals surface area contributed by atoms with Crippen LogP contribution in [-0.4, -0.2) is 45.1 Å². The van der Waals surface area contributed by atoms with Gasteiger partial charge in [0.05, 0.1) is 27.2 Å². The van der Waals surface area contributed by atoms with Crippen molar-refractivity contribution in [3.8, 4) is 5.69 Å². The topological polar surface area (TPSA) is 139 Å². The molecule has 2 heterocycles. The lowest BCUT2D eigenvalue weighted by molar-refractivity contribution is -0.130. The van der Waals surface area contributed by atoms with Gasteiger partial charge in [0.2, 0.25) is 0 Å². The zero-order valence-electron chi connectivity index (χ0n) is 19.7. The number of halogens is 1. The summed E-state index contributed by atoms with van der Waals surface area (Å²) in [5.41, 5.74) is 3.95. The number of hydrazine groups is 1. The summed E-state index contributed by atoms with van der Waals surface area (Å²) in [6, 6.07) is 17.2. The van der Waals surface area contributed by atoms with Crippen LogP contribution < -0.4 is 11.0 Å². The van der Waals surface area contributed by atoms with E-state index in [0.29, 0.717) is 11.5 Å². The van der Waals surface area contributed by atoms with E-state index in [-0.39, 0.29) is 33.5 Å². The first-order valence-corrected chi connectivity index (χ1v) is 14.4. The number of hydrogen-bond acceptors (Lipinski definition) is 7. The van der Waals surface area contributed by atoms with Crippen molar-refractivity contribution in [2.24, 2.45) is 0 Å². The SMILES string of the molecule is Cc1nc2ccc(S(=O)(=O)O)cc2c(=O)n1-c1ccc(C(=O)NN2C(=O)CS[C@H]2c2cccc(Br)c2)cc1. The van der Waals surface area contributed by atoms with Crippen molar-refractivity contribution < 1.29 is 22.6 Å². The number of thioether (sulfide) groups is 1. The molecule has 1 fully saturated rings. The third-order valence-corrected chi connectivity index (χ3v) is 8.47. The molecule has 0 bridgehead atoms. The second-order valence-electron chi connectivity index (χ2n) is 8.42. The molecule has 0 radical (unpaired) electrons. The van der Waals surface area contributed by atoms with Gasteiger partial charge in [-0.2, -0.15) is 8.42 Å². The van der Waals surface area contributed by atoms with Crippen LogP contribution in [0.25, 0.3) is 16.6 Å². The summed E-state index contributed by atoms with van der Waals surface area (Å²) in [6.45, 7) is 1.62. The number of fused-ring (bicyclic) bond motifs is 1. The smallest absolute Gasteiger partial charge is 0.282 e. The highest BCUT2D eigenvalue weighted by Gasteiger charge is 2.34. The maximum atomic E-state index is 13.2. The highest BCUT2D eigenvalue weighted by molar-refractivity contribution is 9.10. The monoisotopic (exact) mass is 614 g/mol. The molecular formula is C25H19BrN4O6S2. The van der Waals surface area contributed by atoms with E-state index in [4.69, 9.17) is 0 Å². The standard InChI is InChI=1S/C25H19BrN4O6S2/c1-14-27-21-10-9-19(38(34,35)36)12-20(21)24(33)29(14)18-7-5-15(6-8-18)23(32)28-30-22(31)13-37-25(30)16-3-2-4-17(26)11-16/h2-12,25H,13H2,1H3,(H,28,32)(H,34,35,36)/t25-/m0/s1. The molecule has 1 aliphatic rings. The van der Waals surface area contributed by atoms with Crippen molar-refractivity contribution in [2.45, 2.75) is 17.2 Å². The lowest BCUT2D eigenvalue weighted by atomic mass is 10.2. The van der Waals surface area contributed by atoms with E-state index in [9.17, 15) is 27.4 Å². The maximum absolute atomic E-state index is 13.2. The molecule has 13 heteroatoms. The van der Waals surface area contributed by atoms with Crippen molar-refractivity contribution in [2.75, 3.05) is 5.75 Å². The molecule has 0 saturated carbocycles. The fourth-order valence-corrected chi connectivity index (χ4v) is 6.15. The second-order valence-corrected chi connectivity index (χ2v) is 11.8. The normalized spacial score (nSPS) is 15.7. The number of nitrogens with zero attached hydrogens (tertiary/aromatic N) is 3. The number of carbonyl (C=O) groups is 2. The third-order valence-electron chi connectivity index (χ3n) is 5.92. The number of benzene rings is 3. The highest BCUT2D eigenvalue weighted by atomic mass is 79.9. The van der Waals surface area contributed by atoms with Gasteiger partial charge in [0, 0.05) is 10.0 Å². The minimum atomic E-state index is -4.50. The fourth-order valence-electron chi connectivity index (χ4n) is 4.13. The number of rotatable bonds is 5. The van der Waals surface area contributed by atoms with Gasteiger partial charge in [0.25, 0.3) is 27.5 Å². The maximum Gasteiger partial charge on any atom is 0.294 e. The Morgan fingerprint density at radius 3 is 2.53 bits per heavy atom. The quantitative estimate of drug-likeness (QED) is 0.325. The molecule has 1 atom stereocenters. The molecule has 0 spiro atoms. The molecule has 194 valence electrons. The van der Waals surface area contributed by atoms with Gasteiger partial charge in [-0.05, 0) is 67.1 Å². The number of amides is 2. The molecule has 4 aromatic rings. The first-order chi connectivity index (χ1) is 18.0. The molecule has 1 saturated heterocycles. The van der Waals surface area contributed by atoms with Crippen LogP contribution in [0.15, 0.2) is 80.9 Å². The van der Waals surface area contributed by atoms with Crippen LogP contribution >= 0.6 is 27.7 Å². The second kappa shape index (κ2) is 9.98. The van der Waals surface area contributed by atoms with Crippen LogP contribution in [0, 0.1) is 6.92 Å². The molecule has 0 aliphatic carbocycles. The summed E-state index contributed by atoms with van der Waals surface area (Å²) in [5, 5.41) is 0.953. The molecule has 2 amide bonds. The Morgan fingerprint density at radius 1 is 1.11 bits per heavy atom. The summed E-state index contributed by atoms with van der Waals surface area (Å²) >= 11 is 4.83. The minimum Gasteiger partial charge on any atom is -0.282 e. The van der Waals surface area contributed by atoms with Crippen LogP contribution in [0.1, 0.15) is 27.1 Å². The van der Waals surface area contributed by atoms with E-state index in [1.165, 1.54) is 45.6 Å². The van der Waals surface area contributed by atoms with Crippen molar-refractivity contribution in [1.29, 1.82) is 0 Å². The van der Waals surface area contributed by atoms with Gasteiger partial charge in [-0.25, -0.2) is 9.99 Å². The largest absolute Gasteiger partial charge is 0.294 e. The summed E-state index contributed by atoms with van der Waals surface area (Å²) in [5.74, 6) is -0.146. The minimum absolute atomic E-state index is 0.0104. The Bertz CT molecular complexity index is 1770. The molecule has 0 unspecified atom stereocenters. The average Bonchev–Trinajstić information content (AvgIpc) is 3.23. The lowest BCUT2D eigenvalue weighted by Crippen LogP contribution is -2.44. The summed E-state index contributed by atoms with van der Waals surface area (Å²) in [4.78, 5) is 42.7. The van der Waals surface area contributed by atoms with Gasteiger partial charge in [-0.1, -0.05) is 28.1 Å². The Hall–Kier alpha value is -3.52. The van der Waals surface area contributed by atoms with Gasteiger partial charge < -0.3 is 0 Å². The third kappa shape index (κ3) is 4.97. The molecule has 10 nitrogen and oxygen atoms in total. The number of carbonyl (C=O) groups excluding carboxylic acids is 2. The first-order valence-electron chi connectivity index (χ1n) is 11.1. The van der Waals surface area contributed by atoms with Crippen molar-refractivity contribution >= 4 is 60.5 Å². The van der Waals surface area contributed by atoms with Crippen LogP contribution in [0.4, 0.5) is 0 Å². The molecule has 5 rings (SSSR count). The Labute approximate surface area is 229 Å². The predicted octanol–water partition coefficient (Wildman–Crippen LogP) is 3.62. The van der Waals surface area contributed by atoms with Crippen molar-refractivity contribution in [1.82, 2.24) is 20.0 Å². The molecule has 1 aliphatic heterocycles. The summed E-state index contributed by atoms with van der Waals surface area (Å²) < 4.78 is 34.6. The summed E-state index contributed by atoms with van der Waals surface area (Å²) in [7, 11) is -4.50. The van der Waals surface area contributed by atoms with Crippen LogP contribution in [0.5, 0.6) is 0 Å². The molecule has 38 heavy (non-hydrogen) atoms. The van der Waals surface area contributed by atoms with E-state index < -0.39 is 26.5 Å². The average molecular weight is 615 g/mol. The van der Waals surface area contributed by atoms with E-state index in [1.807, 2.05) is 24.3 Å². The Morgan fingerprint density at radius 2 is 1.84 bits per heavy atom. The van der Waals surface area contributed by atoms with E-state index >= 15 is 0 Å². The van der Waals surface area contributed by atoms with Crippen molar-refractivity contribution in [3.05, 3.63) is 98.5 Å². The number of hydrogen-bond donors (Lipinski definition) is 2. The van der Waals surface area contributed by atoms with E-state index in [0.717, 1.165) is 16.1 Å². The van der Waals surface area contributed by atoms with E-state index in [1.54, 1.807) is 19.1 Å². The van der Waals surface area contributed by atoms with Crippen molar-refractivity contribution in [3.63, 3.8) is 0 Å².